The lowest BCUT2D eigenvalue weighted by molar-refractivity contribution is -0.120. The van der Waals surface area contributed by atoms with Gasteiger partial charge >= 0.3 is 0 Å². The fourth-order valence-electron chi connectivity index (χ4n) is 2.06. The van der Waals surface area contributed by atoms with Crippen molar-refractivity contribution in [2.24, 2.45) is 18.7 Å². The van der Waals surface area contributed by atoms with E-state index >= 15 is 0 Å². The third-order valence-electron chi connectivity index (χ3n) is 3.51. The number of aromatic nitrogens is 2. The predicted octanol–water partition coefficient (Wildman–Crippen LogP) is 0.215. The van der Waals surface area contributed by atoms with E-state index in [0.717, 1.165) is 0 Å². The van der Waals surface area contributed by atoms with Gasteiger partial charge in [0, 0.05) is 7.05 Å². The van der Waals surface area contributed by atoms with E-state index in [1.807, 2.05) is 6.92 Å². The fraction of sp³-hybridized carbons (Fsp3) is 0.667. The molecule has 0 bridgehead atoms. The van der Waals surface area contributed by atoms with Crippen molar-refractivity contribution >= 4 is 15.9 Å². The lowest BCUT2D eigenvalue weighted by Crippen LogP contribution is -2.48. The van der Waals surface area contributed by atoms with Crippen LogP contribution in [0.1, 0.15) is 31.7 Å². The number of primary amides is 1. The van der Waals surface area contributed by atoms with Gasteiger partial charge in [0.1, 0.15) is 10.9 Å². The first-order valence-corrected chi connectivity index (χ1v) is 7.92. The third kappa shape index (κ3) is 3.18. The Balaban J connectivity index is 3.20. The first-order chi connectivity index (χ1) is 9.11. The van der Waals surface area contributed by atoms with Gasteiger partial charge in [0.25, 0.3) is 0 Å². The highest BCUT2D eigenvalue weighted by Crippen LogP contribution is 2.20. The van der Waals surface area contributed by atoms with E-state index in [2.05, 4.69) is 9.82 Å². The van der Waals surface area contributed by atoms with E-state index in [4.69, 9.17) is 5.73 Å². The summed E-state index contributed by atoms with van der Waals surface area (Å²) in [6.07, 6.45) is 0.640. The molecule has 114 valence electrons. The summed E-state index contributed by atoms with van der Waals surface area (Å²) in [6.45, 7) is 6.93. The molecule has 1 aromatic rings. The van der Waals surface area contributed by atoms with Crippen LogP contribution >= 0.6 is 0 Å². The number of carbonyl (C=O) groups excluding carboxylic acids is 1. The lowest BCUT2D eigenvalue weighted by atomic mass is 10.00. The van der Waals surface area contributed by atoms with Crippen LogP contribution in [0.5, 0.6) is 0 Å². The van der Waals surface area contributed by atoms with E-state index in [1.54, 1.807) is 27.8 Å². The van der Waals surface area contributed by atoms with Gasteiger partial charge in [-0.3, -0.25) is 9.48 Å². The van der Waals surface area contributed by atoms with Crippen molar-refractivity contribution in [1.82, 2.24) is 14.5 Å². The summed E-state index contributed by atoms with van der Waals surface area (Å²) >= 11 is 0. The summed E-state index contributed by atoms with van der Waals surface area (Å²) in [5.74, 6) is -0.860. The van der Waals surface area contributed by atoms with Gasteiger partial charge in [-0.25, -0.2) is 8.42 Å². The van der Waals surface area contributed by atoms with Gasteiger partial charge in [-0.05, 0) is 19.8 Å². The number of hydrogen-bond acceptors (Lipinski definition) is 4. The van der Waals surface area contributed by atoms with E-state index < -0.39 is 22.0 Å². The molecule has 3 N–H and O–H groups in total. The van der Waals surface area contributed by atoms with Crippen molar-refractivity contribution in [2.45, 2.75) is 45.1 Å². The summed E-state index contributed by atoms with van der Waals surface area (Å²) in [4.78, 5) is 11.6. The van der Waals surface area contributed by atoms with Crippen LogP contribution in [0.2, 0.25) is 0 Å². The summed E-state index contributed by atoms with van der Waals surface area (Å²) < 4.78 is 28.8. The highest BCUT2D eigenvalue weighted by Gasteiger charge is 2.31. The molecule has 0 fully saturated rings. The number of amides is 1. The Bertz CT molecular complexity index is 606. The Morgan fingerprint density at radius 3 is 2.35 bits per heavy atom. The number of sulfonamides is 1. The quantitative estimate of drug-likeness (QED) is 0.783. The summed E-state index contributed by atoms with van der Waals surface area (Å²) in [6, 6.07) is -0.927. The Labute approximate surface area is 119 Å². The van der Waals surface area contributed by atoms with Crippen LogP contribution in [0, 0.1) is 19.8 Å². The van der Waals surface area contributed by atoms with Gasteiger partial charge < -0.3 is 5.73 Å². The molecule has 8 heteroatoms. The van der Waals surface area contributed by atoms with Gasteiger partial charge in [-0.15, -0.1) is 0 Å². The molecule has 20 heavy (non-hydrogen) atoms. The number of aryl methyl sites for hydroxylation is 2. The molecule has 0 aliphatic heterocycles. The highest BCUT2D eigenvalue weighted by atomic mass is 32.2. The van der Waals surface area contributed by atoms with Crippen molar-refractivity contribution in [1.29, 1.82) is 0 Å². The van der Waals surface area contributed by atoms with Crippen LogP contribution in [-0.4, -0.2) is 30.1 Å². The molecule has 1 heterocycles. The minimum atomic E-state index is -3.83. The molecule has 0 aromatic carbocycles. The van der Waals surface area contributed by atoms with Crippen LogP contribution in [0.4, 0.5) is 0 Å². The molecule has 0 spiro atoms. The highest BCUT2D eigenvalue weighted by molar-refractivity contribution is 7.89. The minimum absolute atomic E-state index is 0.106. The van der Waals surface area contributed by atoms with Crippen molar-refractivity contribution in [3.05, 3.63) is 11.4 Å². The van der Waals surface area contributed by atoms with Crippen molar-refractivity contribution in [3.63, 3.8) is 0 Å². The van der Waals surface area contributed by atoms with E-state index in [-0.39, 0.29) is 10.8 Å². The summed E-state index contributed by atoms with van der Waals surface area (Å²) in [5, 5.41) is 4.08. The van der Waals surface area contributed by atoms with Crippen molar-refractivity contribution < 1.29 is 13.2 Å². The van der Waals surface area contributed by atoms with E-state index in [0.29, 0.717) is 17.8 Å². The smallest absolute Gasteiger partial charge is 0.244 e. The number of nitrogens with zero attached hydrogens (tertiary/aromatic N) is 2. The maximum absolute atomic E-state index is 12.5. The molecule has 2 unspecified atom stereocenters. The summed E-state index contributed by atoms with van der Waals surface area (Å²) in [7, 11) is -2.17. The first-order valence-electron chi connectivity index (χ1n) is 6.43. The molecule has 0 aliphatic carbocycles. The fourth-order valence-corrected chi connectivity index (χ4v) is 3.81. The zero-order chi connectivity index (χ0) is 15.7. The van der Waals surface area contributed by atoms with Gasteiger partial charge in [0.2, 0.25) is 15.9 Å². The van der Waals surface area contributed by atoms with Crippen molar-refractivity contribution in [3.8, 4) is 0 Å². The van der Waals surface area contributed by atoms with E-state index in [9.17, 15) is 13.2 Å². The molecule has 0 saturated carbocycles. The zero-order valence-electron chi connectivity index (χ0n) is 12.5. The molecular weight excluding hydrogens is 280 g/mol. The summed E-state index contributed by atoms with van der Waals surface area (Å²) in [5.41, 5.74) is 6.20. The number of rotatable bonds is 6. The Hall–Kier alpha value is -1.41. The second-order valence-electron chi connectivity index (χ2n) is 5.01. The van der Waals surface area contributed by atoms with Gasteiger partial charge in [-0.2, -0.15) is 9.82 Å². The lowest BCUT2D eigenvalue weighted by Gasteiger charge is -2.21. The molecule has 0 aliphatic rings. The largest absolute Gasteiger partial charge is 0.368 e. The first kappa shape index (κ1) is 16.6. The average molecular weight is 302 g/mol. The average Bonchev–Trinajstić information content (AvgIpc) is 2.59. The molecule has 1 rings (SSSR count). The molecule has 7 nitrogen and oxygen atoms in total. The molecule has 0 saturated heterocycles. The number of carbonyl (C=O) groups is 1. The Morgan fingerprint density at radius 1 is 1.45 bits per heavy atom. The standard InChI is InChI=1S/C12H22N4O3S/c1-6-7(2)10(12(13)17)15-20(18,19)11-8(3)14-16(5)9(11)4/h7,10,15H,6H2,1-5H3,(H2,13,17). The Morgan fingerprint density at radius 2 is 2.00 bits per heavy atom. The number of nitrogens with one attached hydrogen (secondary N) is 1. The second-order valence-corrected chi connectivity index (χ2v) is 6.66. The molecule has 0 radical (unpaired) electrons. The van der Waals surface area contributed by atoms with Crippen LogP contribution in [0.3, 0.4) is 0 Å². The zero-order valence-corrected chi connectivity index (χ0v) is 13.3. The van der Waals surface area contributed by atoms with Crippen LogP contribution in [0.25, 0.3) is 0 Å². The topological polar surface area (TPSA) is 107 Å². The minimum Gasteiger partial charge on any atom is -0.368 e. The normalized spacial score (nSPS) is 15.1. The third-order valence-corrected chi connectivity index (χ3v) is 5.21. The SMILES string of the molecule is CCC(C)C(NS(=O)(=O)c1c(C)nn(C)c1C)C(N)=O. The maximum atomic E-state index is 12.5. The molecule has 1 aromatic heterocycles. The molecule has 1 amide bonds. The predicted molar refractivity (Wildman–Crippen MR) is 75.4 cm³/mol. The van der Waals surface area contributed by atoms with Crippen LogP contribution in [0.15, 0.2) is 4.90 Å². The number of nitrogens with two attached hydrogens (primary N) is 1. The number of hydrogen-bond donors (Lipinski definition) is 2. The maximum Gasteiger partial charge on any atom is 0.244 e. The van der Waals surface area contributed by atoms with Crippen LogP contribution in [-0.2, 0) is 21.9 Å². The Kier molecular flexibility index (Phi) is 4.93. The van der Waals surface area contributed by atoms with Crippen molar-refractivity contribution in [2.75, 3.05) is 0 Å². The second kappa shape index (κ2) is 5.92. The monoisotopic (exact) mass is 302 g/mol. The molecular formula is C12H22N4O3S. The van der Waals surface area contributed by atoms with Gasteiger partial charge in [0.05, 0.1) is 11.4 Å². The molecule has 2 atom stereocenters. The van der Waals surface area contributed by atoms with Gasteiger partial charge in [-0.1, -0.05) is 20.3 Å². The van der Waals surface area contributed by atoms with Gasteiger partial charge in [0.15, 0.2) is 0 Å². The van der Waals surface area contributed by atoms with Crippen LogP contribution < -0.4 is 10.5 Å². The van der Waals surface area contributed by atoms with E-state index in [1.165, 1.54) is 4.68 Å².